The molecule has 4 nitrogen and oxygen atoms in total. The molecule has 0 bridgehead atoms. The zero-order valence-electron chi connectivity index (χ0n) is 13.5. The summed E-state index contributed by atoms with van der Waals surface area (Å²) in [5.41, 5.74) is 1.11. The zero-order valence-corrected chi connectivity index (χ0v) is 13.5. The third-order valence-electron chi connectivity index (χ3n) is 4.17. The third kappa shape index (κ3) is 3.92. The van der Waals surface area contributed by atoms with Crippen molar-refractivity contribution in [1.29, 1.82) is 0 Å². The van der Waals surface area contributed by atoms with Crippen LogP contribution in [0.25, 0.3) is 0 Å². The Morgan fingerprint density at radius 2 is 2.00 bits per heavy atom. The monoisotopic (exact) mass is 276 g/mol. The van der Waals surface area contributed by atoms with Crippen LogP contribution in [-0.4, -0.2) is 28.3 Å². The molecule has 1 saturated heterocycles. The average molecular weight is 276 g/mol. The lowest BCUT2D eigenvalue weighted by molar-refractivity contribution is 0.360. The number of anilines is 1. The Morgan fingerprint density at radius 3 is 2.60 bits per heavy atom. The molecule has 0 spiro atoms. The first-order valence-corrected chi connectivity index (χ1v) is 7.71. The maximum absolute atomic E-state index is 4.42. The first-order chi connectivity index (χ1) is 9.37. The second-order valence-corrected chi connectivity index (χ2v) is 7.04. The predicted molar refractivity (Wildman–Crippen MR) is 83.8 cm³/mol. The Labute approximate surface area is 123 Å². The maximum Gasteiger partial charge on any atom is 0.151 e. The van der Waals surface area contributed by atoms with Crippen LogP contribution >= 0.6 is 0 Å². The van der Waals surface area contributed by atoms with Gasteiger partial charge in [0.1, 0.15) is 0 Å². The molecule has 2 heterocycles. The van der Waals surface area contributed by atoms with Gasteiger partial charge in [0.05, 0.1) is 5.69 Å². The van der Waals surface area contributed by atoms with E-state index in [4.69, 9.17) is 0 Å². The molecular weight excluding hydrogens is 248 g/mol. The molecule has 1 N–H and O–H groups in total. The molecule has 0 aliphatic carbocycles. The van der Waals surface area contributed by atoms with E-state index >= 15 is 0 Å². The summed E-state index contributed by atoms with van der Waals surface area (Å²) in [5, 5.41) is 12.2. The Kier molecular flexibility index (Phi) is 4.63. The molecule has 2 atom stereocenters. The van der Waals surface area contributed by atoms with Crippen molar-refractivity contribution >= 4 is 5.82 Å². The molecule has 1 aromatic rings. The summed E-state index contributed by atoms with van der Waals surface area (Å²) >= 11 is 0. The van der Waals surface area contributed by atoms with Crippen LogP contribution in [-0.2, 0) is 6.54 Å². The third-order valence-corrected chi connectivity index (χ3v) is 4.17. The lowest BCUT2D eigenvalue weighted by Gasteiger charge is -2.38. The number of hydrogen-bond acceptors (Lipinski definition) is 4. The van der Waals surface area contributed by atoms with Crippen molar-refractivity contribution in [2.75, 3.05) is 11.4 Å². The summed E-state index contributed by atoms with van der Waals surface area (Å²) in [6, 6.07) is 4.76. The SMILES string of the molecule is CC1CCCN(c2ccc(CNC(C)(C)C)nn2)C1C. The van der Waals surface area contributed by atoms with Crippen molar-refractivity contribution < 1.29 is 0 Å². The van der Waals surface area contributed by atoms with Crippen molar-refractivity contribution in [2.24, 2.45) is 5.92 Å². The van der Waals surface area contributed by atoms with Crippen molar-refractivity contribution in [3.8, 4) is 0 Å². The molecule has 2 unspecified atom stereocenters. The van der Waals surface area contributed by atoms with Crippen LogP contribution in [0, 0.1) is 5.92 Å². The Morgan fingerprint density at radius 1 is 1.25 bits per heavy atom. The highest BCUT2D eigenvalue weighted by Crippen LogP contribution is 2.26. The normalized spacial score (nSPS) is 23.9. The molecule has 112 valence electrons. The molecule has 0 amide bonds. The van der Waals surface area contributed by atoms with Crippen molar-refractivity contribution in [3.05, 3.63) is 17.8 Å². The topological polar surface area (TPSA) is 41.0 Å². The summed E-state index contributed by atoms with van der Waals surface area (Å²) in [4.78, 5) is 2.39. The van der Waals surface area contributed by atoms with E-state index in [1.807, 2.05) is 0 Å². The highest BCUT2D eigenvalue weighted by molar-refractivity contribution is 5.39. The van der Waals surface area contributed by atoms with E-state index in [-0.39, 0.29) is 5.54 Å². The fraction of sp³-hybridized carbons (Fsp3) is 0.750. The summed E-state index contributed by atoms with van der Waals surface area (Å²) in [7, 11) is 0. The van der Waals surface area contributed by atoms with Crippen molar-refractivity contribution in [3.63, 3.8) is 0 Å². The Balaban J connectivity index is 2.00. The first-order valence-electron chi connectivity index (χ1n) is 7.71. The van der Waals surface area contributed by atoms with Gasteiger partial charge in [-0.15, -0.1) is 5.10 Å². The molecule has 20 heavy (non-hydrogen) atoms. The molecule has 1 fully saturated rings. The second-order valence-electron chi connectivity index (χ2n) is 7.04. The van der Waals surface area contributed by atoms with E-state index in [1.54, 1.807) is 0 Å². The fourth-order valence-corrected chi connectivity index (χ4v) is 2.61. The largest absolute Gasteiger partial charge is 0.352 e. The van der Waals surface area contributed by atoms with Gasteiger partial charge in [0.15, 0.2) is 5.82 Å². The van der Waals surface area contributed by atoms with E-state index in [9.17, 15) is 0 Å². The van der Waals surface area contributed by atoms with Crippen LogP contribution in [0.4, 0.5) is 5.82 Å². The number of hydrogen-bond donors (Lipinski definition) is 1. The smallest absolute Gasteiger partial charge is 0.151 e. The summed E-state index contributed by atoms with van der Waals surface area (Å²) in [6.45, 7) is 13.0. The molecule has 1 aromatic heterocycles. The van der Waals surface area contributed by atoms with Gasteiger partial charge >= 0.3 is 0 Å². The maximum atomic E-state index is 4.42. The van der Waals surface area contributed by atoms with E-state index in [0.29, 0.717) is 6.04 Å². The van der Waals surface area contributed by atoms with Gasteiger partial charge in [-0.2, -0.15) is 5.10 Å². The molecule has 2 rings (SSSR count). The van der Waals surface area contributed by atoms with Gasteiger partial charge in [-0.05, 0) is 58.6 Å². The van der Waals surface area contributed by atoms with Crippen molar-refractivity contribution in [1.82, 2.24) is 15.5 Å². The summed E-state index contributed by atoms with van der Waals surface area (Å²) in [5.74, 6) is 1.75. The number of nitrogens with zero attached hydrogens (tertiary/aromatic N) is 3. The highest BCUT2D eigenvalue weighted by Gasteiger charge is 2.25. The molecule has 1 aliphatic heterocycles. The van der Waals surface area contributed by atoms with Gasteiger partial charge in [0.25, 0.3) is 0 Å². The van der Waals surface area contributed by atoms with E-state index in [0.717, 1.165) is 30.5 Å². The van der Waals surface area contributed by atoms with Gasteiger partial charge in [-0.3, -0.25) is 0 Å². The predicted octanol–water partition coefficient (Wildman–Crippen LogP) is 2.99. The zero-order chi connectivity index (χ0) is 14.8. The standard InChI is InChI=1S/C16H28N4/c1-12-7-6-10-20(13(12)2)15-9-8-14(18-19-15)11-17-16(3,4)5/h8-9,12-13,17H,6-7,10-11H2,1-5H3. The summed E-state index contributed by atoms with van der Waals surface area (Å²) in [6.07, 6.45) is 2.57. The number of piperidine rings is 1. The van der Waals surface area contributed by atoms with Crippen molar-refractivity contribution in [2.45, 2.75) is 65.6 Å². The van der Waals surface area contributed by atoms with E-state index in [1.165, 1.54) is 12.8 Å². The second kappa shape index (κ2) is 6.08. The number of aromatic nitrogens is 2. The number of nitrogens with one attached hydrogen (secondary N) is 1. The molecule has 0 radical (unpaired) electrons. The number of rotatable bonds is 3. The minimum absolute atomic E-state index is 0.108. The lowest BCUT2D eigenvalue weighted by atomic mass is 9.92. The minimum atomic E-state index is 0.108. The first kappa shape index (κ1) is 15.2. The van der Waals surface area contributed by atoms with Crippen LogP contribution in [0.3, 0.4) is 0 Å². The highest BCUT2D eigenvalue weighted by atomic mass is 15.3. The molecule has 1 aliphatic rings. The fourth-order valence-electron chi connectivity index (χ4n) is 2.61. The molecule has 4 heteroatoms. The lowest BCUT2D eigenvalue weighted by Crippen LogP contribution is -2.43. The Hall–Kier alpha value is -1.16. The average Bonchev–Trinajstić information content (AvgIpc) is 2.40. The van der Waals surface area contributed by atoms with E-state index in [2.05, 4.69) is 67.2 Å². The van der Waals surface area contributed by atoms with Gasteiger partial charge in [0.2, 0.25) is 0 Å². The van der Waals surface area contributed by atoms with Gasteiger partial charge < -0.3 is 10.2 Å². The minimum Gasteiger partial charge on any atom is -0.352 e. The Bertz CT molecular complexity index is 421. The van der Waals surface area contributed by atoms with Gasteiger partial charge in [-0.1, -0.05) is 6.92 Å². The van der Waals surface area contributed by atoms with Gasteiger partial charge in [-0.25, -0.2) is 0 Å². The van der Waals surface area contributed by atoms with Gasteiger partial charge in [0, 0.05) is 24.7 Å². The van der Waals surface area contributed by atoms with Crippen LogP contribution in [0.1, 0.15) is 53.2 Å². The quantitative estimate of drug-likeness (QED) is 0.921. The van der Waals surface area contributed by atoms with E-state index < -0.39 is 0 Å². The molecule has 0 saturated carbocycles. The van der Waals surface area contributed by atoms with Crippen LogP contribution in [0.2, 0.25) is 0 Å². The van der Waals surface area contributed by atoms with Crippen LogP contribution < -0.4 is 10.2 Å². The molecular formula is C16H28N4. The van der Waals surface area contributed by atoms with Crippen LogP contribution in [0.5, 0.6) is 0 Å². The molecule has 0 aromatic carbocycles. The van der Waals surface area contributed by atoms with Crippen LogP contribution in [0.15, 0.2) is 12.1 Å². The summed E-state index contributed by atoms with van der Waals surface area (Å²) < 4.78 is 0.